The van der Waals surface area contributed by atoms with Crippen LogP contribution in [0.15, 0.2) is 24.3 Å². The van der Waals surface area contributed by atoms with Crippen molar-refractivity contribution >= 4 is 18.0 Å². The molecule has 108 valence electrons. The van der Waals surface area contributed by atoms with Gasteiger partial charge in [0.2, 0.25) is 0 Å². The van der Waals surface area contributed by atoms with E-state index in [1.54, 1.807) is 26.8 Å². The van der Waals surface area contributed by atoms with Gasteiger partial charge in [-0.1, -0.05) is 6.07 Å². The van der Waals surface area contributed by atoms with Crippen molar-refractivity contribution in [1.82, 2.24) is 0 Å². The highest BCUT2D eigenvalue weighted by atomic mass is 16.6. The van der Waals surface area contributed by atoms with Crippen LogP contribution in [0.4, 0.5) is 0 Å². The van der Waals surface area contributed by atoms with E-state index in [4.69, 9.17) is 9.47 Å². The molecular formula is C15H18O5. The summed E-state index contributed by atoms with van der Waals surface area (Å²) >= 11 is 0. The van der Waals surface area contributed by atoms with Crippen LogP contribution in [0.25, 0.3) is 6.08 Å². The Labute approximate surface area is 117 Å². The van der Waals surface area contributed by atoms with Gasteiger partial charge in [0.15, 0.2) is 11.5 Å². The van der Waals surface area contributed by atoms with E-state index in [-0.39, 0.29) is 11.5 Å². The Morgan fingerprint density at radius 2 is 1.90 bits per heavy atom. The summed E-state index contributed by atoms with van der Waals surface area (Å²) in [5.74, 6) is -1.09. The molecule has 0 atom stereocenters. The van der Waals surface area contributed by atoms with Gasteiger partial charge in [0.1, 0.15) is 5.60 Å². The van der Waals surface area contributed by atoms with Crippen LogP contribution in [0, 0.1) is 0 Å². The fourth-order valence-electron chi connectivity index (χ4n) is 1.38. The smallest absolute Gasteiger partial charge is 0.331 e. The molecule has 0 aliphatic heterocycles. The third-order valence-electron chi connectivity index (χ3n) is 2.06. The molecule has 5 nitrogen and oxygen atoms in total. The highest BCUT2D eigenvalue weighted by molar-refractivity contribution is 5.87. The van der Waals surface area contributed by atoms with E-state index in [2.05, 4.69) is 0 Å². The summed E-state index contributed by atoms with van der Waals surface area (Å²) < 4.78 is 9.90. The minimum Gasteiger partial charge on any atom is -0.504 e. The number of hydrogen-bond donors (Lipinski definition) is 1. The first-order valence-corrected chi connectivity index (χ1v) is 6.10. The molecule has 0 saturated carbocycles. The van der Waals surface area contributed by atoms with Crippen molar-refractivity contribution in [1.29, 1.82) is 0 Å². The van der Waals surface area contributed by atoms with E-state index >= 15 is 0 Å². The van der Waals surface area contributed by atoms with Gasteiger partial charge < -0.3 is 14.6 Å². The maximum Gasteiger partial charge on any atom is 0.331 e. The van der Waals surface area contributed by atoms with Gasteiger partial charge in [-0.2, -0.15) is 0 Å². The summed E-state index contributed by atoms with van der Waals surface area (Å²) in [6.07, 6.45) is 2.77. The molecule has 0 saturated heterocycles. The summed E-state index contributed by atoms with van der Waals surface area (Å²) in [7, 11) is 0. The van der Waals surface area contributed by atoms with Crippen LogP contribution < -0.4 is 4.74 Å². The Balaban J connectivity index is 2.76. The van der Waals surface area contributed by atoms with Crippen molar-refractivity contribution in [3.05, 3.63) is 29.8 Å². The number of carbonyl (C=O) groups is 2. The molecule has 1 N–H and O–H groups in total. The van der Waals surface area contributed by atoms with Gasteiger partial charge in [-0.05, 0) is 44.5 Å². The lowest BCUT2D eigenvalue weighted by Crippen LogP contribution is -2.22. The van der Waals surface area contributed by atoms with Crippen molar-refractivity contribution in [2.24, 2.45) is 0 Å². The molecule has 1 aromatic carbocycles. The third kappa shape index (κ3) is 5.56. The molecule has 0 aromatic heterocycles. The standard InChI is InChI=1S/C15H18O5/c1-10(16)19-13-7-5-11(9-12(13)17)6-8-14(18)20-15(2,3)4/h5-9,17H,1-4H3/b8-6+. The van der Waals surface area contributed by atoms with E-state index in [0.717, 1.165) is 0 Å². The van der Waals surface area contributed by atoms with Crippen LogP contribution >= 0.6 is 0 Å². The average Bonchev–Trinajstić information content (AvgIpc) is 2.27. The minimum atomic E-state index is -0.553. The van der Waals surface area contributed by atoms with E-state index in [0.29, 0.717) is 5.56 Å². The zero-order valence-electron chi connectivity index (χ0n) is 12.0. The van der Waals surface area contributed by atoms with Crippen LogP contribution in [-0.2, 0) is 14.3 Å². The van der Waals surface area contributed by atoms with Crippen molar-refractivity contribution in [3.63, 3.8) is 0 Å². The Bertz CT molecular complexity index is 538. The van der Waals surface area contributed by atoms with Gasteiger partial charge in [0.25, 0.3) is 0 Å². The van der Waals surface area contributed by atoms with Crippen molar-refractivity contribution < 1.29 is 24.2 Å². The van der Waals surface area contributed by atoms with E-state index in [1.807, 2.05) is 0 Å². The van der Waals surface area contributed by atoms with Gasteiger partial charge in [-0.3, -0.25) is 4.79 Å². The highest BCUT2D eigenvalue weighted by Crippen LogP contribution is 2.27. The minimum absolute atomic E-state index is 0.0759. The SMILES string of the molecule is CC(=O)Oc1ccc(/C=C/C(=O)OC(C)(C)C)cc1O. The molecule has 0 spiro atoms. The lowest BCUT2D eigenvalue weighted by molar-refractivity contribution is -0.148. The molecule has 0 bridgehead atoms. The summed E-state index contributed by atoms with van der Waals surface area (Å²) in [5, 5.41) is 9.66. The molecule has 1 rings (SSSR count). The Morgan fingerprint density at radius 1 is 1.25 bits per heavy atom. The predicted molar refractivity (Wildman–Crippen MR) is 74.3 cm³/mol. The maximum atomic E-state index is 11.5. The number of hydrogen-bond acceptors (Lipinski definition) is 5. The number of rotatable bonds is 3. The molecule has 0 unspecified atom stereocenters. The van der Waals surface area contributed by atoms with Crippen LogP contribution in [0.2, 0.25) is 0 Å². The lowest BCUT2D eigenvalue weighted by atomic mass is 10.2. The monoisotopic (exact) mass is 278 g/mol. The Hall–Kier alpha value is -2.30. The molecule has 0 heterocycles. The Kier molecular flexibility index (Phi) is 4.91. The summed E-state index contributed by atoms with van der Waals surface area (Å²) in [6, 6.07) is 4.45. The largest absolute Gasteiger partial charge is 0.504 e. The molecule has 0 fully saturated rings. The number of phenolic OH excluding ortho intramolecular Hbond substituents is 1. The number of phenols is 1. The highest BCUT2D eigenvalue weighted by Gasteiger charge is 2.14. The second kappa shape index (κ2) is 6.23. The topological polar surface area (TPSA) is 72.8 Å². The number of ether oxygens (including phenoxy) is 2. The average molecular weight is 278 g/mol. The number of aromatic hydroxyl groups is 1. The molecule has 1 aromatic rings. The fourth-order valence-corrected chi connectivity index (χ4v) is 1.38. The van der Waals surface area contributed by atoms with E-state index < -0.39 is 17.5 Å². The van der Waals surface area contributed by atoms with Crippen LogP contribution in [0.3, 0.4) is 0 Å². The second-order valence-corrected chi connectivity index (χ2v) is 5.19. The van der Waals surface area contributed by atoms with Gasteiger partial charge in [-0.15, -0.1) is 0 Å². The first kappa shape index (κ1) is 15.8. The maximum absolute atomic E-state index is 11.5. The zero-order valence-corrected chi connectivity index (χ0v) is 12.0. The molecule has 0 aliphatic rings. The molecule has 0 radical (unpaired) electrons. The van der Waals surface area contributed by atoms with Gasteiger partial charge in [-0.25, -0.2) is 4.79 Å². The van der Waals surface area contributed by atoms with Crippen LogP contribution in [0.1, 0.15) is 33.3 Å². The van der Waals surface area contributed by atoms with Gasteiger partial charge in [0.05, 0.1) is 0 Å². The van der Waals surface area contributed by atoms with Gasteiger partial charge in [0, 0.05) is 13.0 Å². The predicted octanol–water partition coefficient (Wildman–Crippen LogP) is 2.67. The van der Waals surface area contributed by atoms with E-state index in [1.165, 1.54) is 31.2 Å². The molecule has 5 heteroatoms. The first-order chi connectivity index (χ1) is 9.17. The van der Waals surface area contributed by atoms with Crippen LogP contribution in [-0.4, -0.2) is 22.6 Å². The molecule has 20 heavy (non-hydrogen) atoms. The summed E-state index contributed by atoms with van der Waals surface area (Å²) in [6.45, 7) is 6.57. The van der Waals surface area contributed by atoms with Crippen molar-refractivity contribution in [2.75, 3.05) is 0 Å². The second-order valence-electron chi connectivity index (χ2n) is 5.19. The molecule has 0 aliphatic carbocycles. The molecular weight excluding hydrogens is 260 g/mol. The number of esters is 2. The quantitative estimate of drug-likeness (QED) is 0.523. The third-order valence-corrected chi connectivity index (χ3v) is 2.06. The zero-order chi connectivity index (χ0) is 15.3. The summed E-state index contributed by atoms with van der Waals surface area (Å²) in [4.78, 5) is 22.3. The number of benzene rings is 1. The van der Waals surface area contributed by atoms with Crippen molar-refractivity contribution in [3.8, 4) is 11.5 Å². The number of carbonyl (C=O) groups excluding carboxylic acids is 2. The Morgan fingerprint density at radius 3 is 2.40 bits per heavy atom. The van der Waals surface area contributed by atoms with E-state index in [9.17, 15) is 14.7 Å². The first-order valence-electron chi connectivity index (χ1n) is 6.10. The van der Waals surface area contributed by atoms with Crippen molar-refractivity contribution in [2.45, 2.75) is 33.3 Å². The van der Waals surface area contributed by atoms with Gasteiger partial charge >= 0.3 is 11.9 Å². The van der Waals surface area contributed by atoms with Crippen LogP contribution in [0.5, 0.6) is 11.5 Å². The lowest BCUT2D eigenvalue weighted by Gasteiger charge is -2.17. The molecule has 0 amide bonds. The normalized spacial score (nSPS) is 11.4. The summed E-state index contributed by atoms with van der Waals surface area (Å²) in [5.41, 5.74) is 0.0344. The fraction of sp³-hybridized carbons (Fsp3) is 0.333.